The van der Waals surface area contributed by atoms with Gasteiger partial charge in [0.25, 0.3) is 0 Å². The van der Waals surface area contributed by atoms with E-state index in [1.807, 2.05) is 0 Å². The van der Waals surface area contributed by atoms with Gasteiger partial charge in [0.15, 0.2) is 0 Å². The summed E-state index contributed by atoms with van der Waals surface area (Å²) in [5.41, 5.74) is 4.08. The average Bonchev–Trinajstić information content (AvgIpc) is 3.96. The monoisotopic (exact) mass is 1000 g/mol. The largest absolute Gasteiger partial charge is 0.508 e. The first-order chi connectivity index (χ1) is 35.1. The van der Waals surface area contributed by atoms with Gasteiger partial charge in [0, 0.05) is 29.3 Å². The van der Waals surface area contributed by atoms with Gasteiger partial charge in [-0.3, -0.25) is 0 Å². The Morgan fingerprint density at radius 2 is 0.904 bits per heavy atom. The quantitative estimate of drug-likeness (QED) is 0.0783. The van der Waals surface area contributed by atoms with Gasteiger partial charge in [0.2, 0.25) is 12.6 Å². The number of phenolic OH excluding ortho intramolecular Hbond substituents is 5. The number of benzene rings is 6. The first-order valence-corrected chi connectivity index (χ1v) is 23.3. The van der Waals surface area contributed by atoms with Gasteiger partial charge in [-0.15, -0.1) is 0 Å². The number of fused-ring (bicyclic) bond motifs is 2. The lowest BCUT2D eigenvalue weighted by Crippen LogP contribution is -2.60. The van der Waals surface area contributed by atoms with E-state index in [0.29, 0.717) is 44.5 Å². The van der Waals surface area contributed by atoms with Crippen molar-refractivity contribution in [2.24, 2.45) is 0 Å². The van der Waals surface area contributed by atoms with Crippen LogP contribution in [0.15, 0.2) is 115 Å². The second-order valence-electron chi connectivity index (χ2n) is 18.4. The number of phenols is 5. The Morgan fingerprint density at radius 1 is 0.425 bits per heavy atom. The maximum absolute atomic E-state index is 11.5. The summed E-state index contributed by atoms with van der Waals surface area (Å²) in [6.07, 6.45) is -14.8. The molecule has 19 nitrogen and oxygen atoms in total. The molecular weight excluding hydrogens is 953 g/mol. The fourth-order valence-corrected chi connectivity index (χ4v) is 10.0. The van der Waals surface area contributed by atoms with Gasteiger partial charge in [0.05, 0.1) is 25.0 Å². The van der Waals surface area contributed by atoms with Crippen LogP contribution in [0.2, 0.25) is 0 Å². The van der Waals surface area contributed by atoms with E-state index in [0.717, 1.165) is 0 Å². The van der Waals surface area contributed by atoms with Gasteiger partial charge in [-0.05, 0) is 94.0 Å². The summed E-state index contributed by atoms with van der Waals surface area (Å²) in [6, 6.07) is 29.4. The molecule has 2 fully saturated rings. The number of hydrogen-bond acceptors (Lipinski definition) is 19. The first kappa shape index (κ1) is 49.4. The molecule has 2 saturated heterocycles. The van der Waals surface area contributed by atoms with Crippen molar-refractivity contribution >= 4 is 12.2 Å². The number of ether oxygens (including phenoxy) is 6. The Kier molecular flexibility index (Phi) is 13.6. The minimum atomic E-state index is -1.82. The minimum Gasteiger partial charge on any atom is -0.508 e. The third-order valence-corrected chi connectivity index (χ3v) is 13.6. The standard InChI is InChI=1S/C54H52O19/c55-22-39-45(62)47(64)49(66)53(72-39)68-34-17-28(16-32(60)18-34)42-43-36(20-35(69-54-50(67)48(65)46(63)40(23-56)73-54)21-38(43)71-51(42)25-5-11-30(58)12-6-25)44-41-27(4-1-24-2-9-29(57)10-3-24)15-33(61)19-37(41)70-52(44)26-7-13-31(59)14-8-26/h1-21,39-40,42,44-67H,22-23H2/t39-,40-,42-,44+,45-,46-,47+,48+,49-,50-,51+,52-,53-,54-/m1/s1. The predicted molar refractivity (Wildman–Crippen MR) is 255 cm³/mol. The second kappa shape index (κ2) is 20.0. The second-order valence-corrected chi connectivity index (χ2v) is 18.4. The van der Waals surface area contributed by atoms with Crippen molar-refractivity contribution < 1.29 is 94.8 Å². The molecule has 0 radical (unpaired) electrons. The lowest BCUT2D eigenvalue weighted by atomic mass is 9.75. The zero-order valence-electron chi connectivity index (χ0n) is 38.4. The maximum Gasteiger partial charge on any atom is 0.229 e. The number of aromatic hydroxyl groups is 5. The fraction of sp³-hybridized carbons (Fsp3) is 0.296. The Morgan fingerprint density at radius 3 is 1.44 bits per heavy atom. The van der Waals surface area contributed by atoms with Crippen molar-refractivity contribution in [2.75, 3.05) is 13.2 Å². The molecule has 0 amide bonds. The van der Waals surface area contributed by atoms with E-state index in [-0.39, 0.29) is 51.7 Å². The topological polar surface area (TPSA) is 318 Å². The van der Waals surface area contributed by atoms with Crippen LogP contribution >= 0.6 is 0 Å². The summed E-state index contributed by atoms with van der Waals surface area (Å²) < 4.78 is 37.6. The van der Waals surface area contributed by atoms with Crippen LogP contribution in [0.4, 0.5) is 0 Å². The van der Waals surface area contributed by atoms with Crippen LogP contribution < -0.4 is 18.9 Å². The summed E-state index contributed by atoms with van der Waals surface area (Å²) in [5, 5.41) is 138. The fourth-order valence-electron chi connectivity index (χ4n) is 10.0. The van der Waals surface area contributed by atoms with Crippen LogP contribution in [0, 0.1) is 0 Å². The normalized spacial score (nSPS) is 29.5. The molecule has 0 unspecified atom stereocenters. The van der Waals surface area contributed by atoms with E-state index in [9.17, 15) is 66.4 Å². The molecule has 14 atom stereocenters. The van der Waals surface area contributed by atoms with Gasteiger partial charge in [-0.25, -0.2) is 0 Å². The van der Waals surface area contributed by atoms with Gasteiger partial charge >= 0.3 is 0 Å². The summed E-state index contributed by atoms with van der Waals surface area (Å²) in [7, 11) is 0. The molecule has 0 aromatic heterocycles. The Hall–Kier alpha value is -7.14. The molecule has 4 aliphatic rings. The van der Waals surface area contributed by atoms with Crippen LogP contribution in [0.25, 0.3) is 12.2 Å². The Bertz CT molecular complexity index is 2960. The Balaban J connectivity index is 1.20. The van der Waals surface area contributed by atoms with Crippen molar-refractivity contribution in [1.82, 2.24) is 0 Å². The van der Waals surface area contributed by atoms with E-state index >= 15 is 0 Å². The molecule has 10 rings (SSSR count). The maximum atomic E-state index is 11.5. The summed E-state index contributed by atoms with van der Waals surface area (Å²) in [6.45, 7) is -1.46. The van der Waals surface area contributed by atoms with Gasteiger partial charge < -0.3 is 94.8 Å². The van der Waals surface area contributed by atoms with Gasteiger partial charge in [-0.2, -0.15) is 0 Å². The highest BCUT2D eigenvalue weighted by Gasteiger charge is 2.49. The predicted octanol–water partition coefficient (Wildman–Crippen LogP) is 3.27. The minimum absolute atomic E-state index is 0.00334. The zero-order valence-corrected chi connectivity index (χ0v) is 38.4. The van der Waals surface area contributed by atoms with E-state index in [2.05, 4.69) is 0 Å². The molecule has 0 saturated carbocycles. The smallest absolute Gasteiger partial charge is 0.229 e. The molecule has 19 heteroatoms. The highest BCUT2D eigenvalue weighted by Crippen LogP contribution is 2.60. The summed E-state index contributed by atoms with van der Waals surface area (Å²) in [4.78, 5) is 0. The average molecular weight is 1000 g/mol. The molecule has 0 bridgehead atoms. The van der Waals surface area contributed by atoms with Crippen molar-refractivity contribution in [1.29, 1.82) is 0 Å². The number of rotatable bonds is 12. The lowest BCUT2D eigenvalue weighted by molar-refractivity contribution is -0.277. The Labute approximate surface area is 416 Å². The third kappa shape index (κ3) is 9.55. The SMILES string of the molecule is OC[C@H]1O[C@@H](Oc2cc(O)cc([C@@H]3c4c(cc(O[C@@H]5O[C@H](CO)[C@@H](O)[C@H](O)[C@H]5O)cc4[C@H]4c5c(C=Cc6ccc(O)cc6)cc(O)cc5O[C@@H]4c4ccc(O)cc4)O[C@H]3c3ccc(O)cc3)c2)[C@H](O)[C@@H](O)[C@@H]1O. The lowest BCUT2D eigenvalue weighted by Gasteiger charge is -2.39. The molecule has 73 heavy (non-hydrogen) atoms. The van der Waals surface area contributed by atoms with Crippen LogP contribution in [-0.2, 0) is 9.47 Å². The van der Waals surface area contributed by atoms with Crippen LogP contribution in [0.3, 0.4) is 0 Å². The molecule has 6 aromatic rings. The van der Waals surface area contributed by atoms with Crippen LogP contribution in [-0.4, -0.2) is 141 Å². The molecule has 6 aromatic carbocycles. The molecule has 0 spiro atoms. The van der Waals surface area contributed by atoms with Crippen LogP contribution in [0.1, 0.15) is 68.6 Å². The van der Waals surface area contributed by atoms with Gasteiger partial charge in [-0.1, -0.05) is 48.6 Å². The van der Waals surface area contributed by atoms with E-state index < -0.39 is 98.7 Å². The molecule has 4 aliphatic heterocycles. The van der Waals surface area contributed by atoms with Crippen molar-refractivity contribution in [3.05, 3.63) is 160 Å². The number of hydrogen-bond donors (Lipinski definition) is 13. The number of aliphatic hydroxyl groups is 8. The van der Waals surface area contributed by atoms with Crippen molar-refractivity contribution in [3.63, 3.8) is 0 Å². The van der Waals surface area contributed by atoms with Crippen molar-refractivity contribution in [3.8, 4) is 51.7 Å². The van der Waals surface area contributed by atoms with E-state index in [4.69, 9.17) is 28.4 Å². The molecule has 13 N–H and O–H groups in total. The summed E-state index contributed by atoms with van der Waals surface area (Å²) in [5.74, 6) is -1.94. The highest BCUT2D eigenvalue weighted by molar-refractivity contribution is 5.76. The van der Waals surface area contributed by atoms with E-state index in [1.165, 1.54) is 60.7 Å². The molecule has 382 valence electrons. The van der Waals surface area contributed by atoms with E-state index in [1.54, 1.807) is 66.7 Å². The number of aliphatic hydroxyl groups excluding tert-OH is 8. The summed E-state index contributed by atoms with van der Waals surface area (Å²) >= 11 is 0. The van der Waals surface area contributed by atoms with Gasteiger partial charge in [0.1, 0.15) is 113 Å². The van der Waals surface area contributed by atoms with Crippen molar-refractivity contribution in [2.45, 2.75) is 85.5 Å². The zero-order chi connectivity index (χ0) is 51.4. The third-order valence-electron chi connectivity index (χ3n) is 13.6. The van der Waals surface area contributed by atoms with Crippen LogP contribution in [0.5, 0.6) is 51.7 Å². The molecule has 4 heterocycles. The first-order valence-electron chi connectivity index (χ1n) is 23.3. The molecular formula is C54H52O19. The molecule has 0 aliphatic carbocycles. The highest BCUT2D eigenvalue weighted by atomic mass is 16.7.